The number of amides is 1. The van der Waals surface area contributed by atoms with Gasteiger partial charge in [-0.05, 0) is 50.2 Å². The molecule has 1 aromatic heterocycles. The van der Waals surface area contributed by atoms with Crippen molar-refractivity contribution in [3.05, 3.63) is 53.2 Å². The van der Waals surface area contributed by atoms with Crippen LogP contribution in [0.2, 0.25) is 5.02 Å². The molecule has 0 spiro atoms. The highest BCUT2D eigenvalue weighted by molar-refractivity contribution is 6.30. The molecular weight excluding hydrogens is 361 g/mol. The maximum absolute atomic E-state index is 12.6. The summed E-state index contributed by atoms with van der Waals surface area (Å²) in [4.78, 5) is 18.7. The summed E-state index contributed by atoms with van der Waals surface area (Å²) >= 11 is 5.87. The second kappa shape index (κ2) is 8.52. The standard InChI is InChI=1S/C18H20ClN3O2.ClH/c1-12-10-22(11-13(2)24-12)18(23)14-3-8-17(20-9-14)21-16-6-4-15(19)5-7-16;/h3-9,12-13H,10-11H2,1-2H3,(H,20,21);1H. The number of pyridine rings is 1. The van der Waals surface area contributed by atoms with Gasteiger partial charge >= 0.3 is 0 Å². The van der Waals surface area contributed by atoms with Crippen LogP contribution in [0.25, 0.3) is 0 Å². The maximum Gasteiger partial charge on any atom is 0.255 e. The highest BCUT2D eigenvalue weighted by atomic mass is 35.5. The maximum atomic E-state index is 12.6. The third-order valence-electron chi connectivity index (χ3n) is 3.83. The molecule has 0 bridgehead atoms. The number of carbonyl (C=O) groups is 1. The zero-order valence-corrected chi connectivity index (χ0v) is 15.7. The number of benzene rings is 1. The Morgan fingerprint density at radius 3 is 2.36 bits per heavy atom. The Balaban J connectivity index is 0.00000225. The number of anilines is 2. The minimum Gasteiger partial charge on any atom is -0.372 e. The topological polar surface area (TPSA) is 54.5 Å². The first kappa shape index (κ1) is 19.5. The predicted octanol–water partition coefficient (Wildman–Crippen LogP) is 4.15. The Morgan fingerprint density at radius 1 is 1.16 bits per heavy atom. The fraction of sp³-hybridized carbons (Fsp3) is 0.333. The molecule has 2 aromatic rings. The van der Waals surface area contributed by atoms with E-state index in [1.807, 2.05) is 43.0 Å². The van der Waals surface area contributed by atoms with Crippen molar-refractivity contribution in [3.63, 3.8) is 0 Å². The number of carbonyl (C=O) groups excluding carboxylic acids is 1. The Labute approximate surface area is 158 Å². The fourth-order valence-corrected chi connectivity index (χ4v) is 2.93. The van der Waals surface area contributed by atoms with Gasteiger partial charge in [0.05, 0.1) is 17.8 Å². The van der Waals surface area contributed by atoms with E-state index in [1.54, 1.807) is 18.3 Å². The van der Waals surface area contributed by atoms with Crippen molar-refractivity contribution >= 4 is 41.4 Å². The van der Waals surface area contributed by atoms with Gasteiger partial charge in [0.15, 0.2) is 0 Å². The van der Waals surface area contributed by atoms with Crippen molar-refractivity contribution in [1.82, 2.24) is 9.88 Å². The minimum absolute atomic E-state index is 0. The van der Waals surface area contributed by atoms with Crippen LogP contribution >= 0.6 is 24.0 Å². The predicted molar refractivity (Wildman–Crippen MR) is 102 cm³/mol. The van der Waals surface area contributed by atoms with E-state index >= 15 is 0 Å². The monoisotopic (exact) mass is 381 g/mol. The summed E-state index contributed by atoms with van der Waals surface area (Å²) in [5.74, 6) is 0.667. The van der Waals surface area contributed by atoms with Gasteiger partial charge < -0.3 is 15.0 Å². The number of hydrogen-bond acceptors (Lipinski definition) is 4. The molecule has 7 heteroatoms. The van der Waals surface area contributed by atoms with Gasteiger partial charge in [-0.2, -0.15) is 0 Å². The highest BCUT2D eigenvalue weighted by Gasteiger charge is 2.26. The smallest absolute Gasteiger partial charge is 0.255 e. The van der Waals surface area contributed by atoms with Crippen molar-refractivity contribution < 1.29 is 9.53 Å². The van der Waals surface area contributed by atoms with E-state index in [1.165, 1.54) is 0 Å². The highest BCUT2D eigenvalue weighted by Crippen LogP contribution is 2.19. The first-order valence-corrected chi connectivity index (χ1v) is 8.32. The number of nitrogens with one attached hydrogen (secondary N) is 1. The molecule has 0 radical (unpaired) electrons. The molecule has 1 aliphatic rings. The van der Waals surface area contributed by atoms with Crippen LogP contribution in [-0.4, -0.2) is 41.1 Å². The molecule has 0 aliphatic carbocycles. The lowest BCUT2D eigenvalue weighted by atomic mass is 10.2. The van der Waals surface area contributed by atoms with E-state index in [9.17, 15) is 4.79 Å². The lowest BCUT2D eigenvalue weighted by Crippen LogP contribution is -2.48. The Morgan fingerprint density at radius 2 is 1.80 bits per heavy atom. The Kier molecular flexibility index (Phi) is 6.64. The summed E-state index contributed by atoms with van der Waals surface area (Å²) in [5.41, 5.74) is 1.47. The van der Waals surface area contributed by atoms with Gasteiger partial charge in [0, 0.05) is 30.0 Å². The molecule has 1 aliphatic heterocycles. The molecule has 2 heterocycles. The molecule has 1 amide bonds. The average molecular weight is 382 g/mol. The van der Waals surface area contributed by atoms with Crippen LogP contribution in [-0.2, 0) is 4.74 Å². The van der Waals surface area contributed by atoms with Crippen LogP contribution in [0.5, 0.6) is 0 Å². The Bertz CT molecular complexity index is 697. The SMILES string of the molecule is CC1CN(C(=O)c2ccc(Nc3ccc(Cl)cc3)nc2)CC(C)O1.Cl. The molecule has 134 valence electrons. The van der Waals surface area contributed by atoms with Crippen molar-refractivity contribution in [3.8, 4) is 0 Å². The number of aromatic nitrogens is 1. The summed E-state index contributed by atoms with van der Waals surface area (Å²) in [6.45, 7) is 5.17. The molecule has 1 aromatic carbocycles. The van der Waals surface area contributed by atoms with E-state index in [0.29, 0.717) is 29.5 Å². The van der Waals surface area contributed by atoms with E-state index < -0.39 is 0 Å². The van der Waals surface area contributed by atoms with Gasteiger partial charge in [-0.25, -0.2) is 4.98 Å². The van der Waals surface area contributed by atoms with Crippen molar-refractivity contribution in [1.29, 1.82) is 0 Å². The molecule has 2 unspecified atom stereocenters. The van der Waals surface area contributed by atoms with Crippen LogP contribution < -0.4 is 5.32 Å². The van der Waals surface area contributed by atoms with Gasteiger partial charge in [-0.1, -0.05) is 11.6 Å². The summed E-state index contributed by atoms with van der Waals surface area (Å²) in [5, 5.41) is 3.86. The van der Waals surface area contributed by atoms with Crippen LogP contribution in [0.3, 0.4) is 0 Å². The molecule has 5 nitrogen and oxygen atoms in total. The van der Waals surface area contributed by atoms with E-state index in [-0.39, 0.29) is 30.5 Å². The zero-order chi connectivity index (χ0) is 17.1. The second-order valence-corrected chi connectivity index (χ2v) is 6.47. The largest absolute Gasteiger partial charge is 0.372 e. The fourth-order valence-electron chi connectivity index (χ4n) is 2.80. The van der Waals surface area contributed by atoms with Gasteiger partial charge in [-0.3, -0.25) is 4.79 Å². The molecule has 3 rings (SSSR count). The third-order valence-corrected chi connectivity index (χ3v) is 4.09. The van der Waals surface area contributed by atoms with Crippen molar-refractivity contribution in [2.45, 2.75) is 26.1 Å². The van der Waals surface area contributed by atoms with Crippen LogP contribution in [0, 0.1) is 0 Å². The Hall–Kier alpha value is -1.82. The molecule has 1 fully saturated rings. The first-order chi connectivity index (χ1) is 11.5. The molecule has 1 N–H and O–H groups in total. The normalized spacial score (nSPS) is 19.9. The minimum atomic E-state index is -0.0115. The van der Waals surface area contributed by atoms with Gasteiger partial charge in [0.1, 0.15) is 5.82 Å². The number of nitrogens with zero attached hydrogens (tertiary/aromatic N) is 2. The second-order valence-electron chi connectivity index (χ2n) is 6.03. The molecule has 0 saturated carbocycles. The van der Waals surface area contributed by atoms with Crippen LogP contribution in [0.4, 0.5) is 11.5 Å². The van der Waals surface area contributed by atoms with E-state index in [0.717, 1.165) is 5.69 Å². The number of hydrogen-bond donors (Lipinski definition) is 1. The van der Waals surface area contributed by atoms with E-state index in [4.69, 9.17) is 16.3 Å². The van der Waals surface area contributed by atoms with Crippen molar-refractivity contribution in [2.24, 2.45) is 0 Å². The summed E-state index contributed by atoms with van der Waals surface area (Å²) in [7, 11) is 0. The van der Waals surface area contributed by atoms with Crippen LogP contribution in [0.15, 0.2) is 42.6 Å². The van der Waals surface area contributed by atoms with Crippen LogP contribution in [0.1, 0.15) is 24.2 Å². The third kappa shape index (κ3) is 5.08. The molecule has 25 heavy (non-hydrogen) atoms. The van der Waals surface area contributed by atoms with Crippen molar-refractivity contribution in [2.75, 3.05) is 18.4 Å². The van der Waals surface area contributed by atoms with Gasteiger partial charge in [0.25, 0.3) is 5.91 Å². The summed E-state index contributed by atoms with van der Waals surface area (Å²) < 4.78 is 5.67. The average Bonchev–Trinajstić information content (AvgIpc) is 2.56. The molecule has 1 saturated heterocycles. The molecule has 2 atom stereocenters. The summed E-state index contributed by atoms with van der Waals surface area (Å²) in [6, 6.07) is 11.0. The summed E-state index contributed by atoms with van der Waals surface area (Å²) in [6.07, 6.45) is 1.71. The number of halogens is 2. The lowest BCUT2D eigenvalue weighted by Gasteiger charge is -2.35. The lowest BCUT2D eigenvalue weighted by molar-refractivity contribution is -0.0586. The van der Waals surface area contributed by atoms with Gasteiger partial charge in [0.2, 0.25) is 0 Å². The number of ether oxygens (including phenoxy) is 1. The number of rotatable bonds is 3. The first-order valence-electron chi connectivity index (χ1n) is 7.94. The molecular formula is C18H21Cl2N3O2. The number of morpholine rings is 1. The van der Waals surface area contributed by atoms with E-state index in [2.05, 4.69) is 10.3 Å². The van der Waals surface area contributed by atoms with Gasteiger partial charge in [-0.15, -0.1) is 12.4 Å². The quantitative estimate of drug-likeness (QED) is 0.867. The zero-order valence-electron chi connectivity index (χ0n) is 14.1.